The quantitative estimate of drug-likeness (QED) is 0.516. The number of nitrogens with two attached hydrogens (primary N) is 1. The molecule has 16 heavy (non-hydrogen) atoms. The van der Waals surface area contributed by atoms with E-state index in [1.54, 1.807) is 22.6 Å². The first-order chi connectivity index (χ1) is 7.37. The third-order valence-electron chi connectivity index (χ3n) is 1.60. The van der Waals surface area contributed by atoms with Crippen molar-refractivity contribution in [2.24, 2.45) is 5.73 Å². The number of nitrogens with zero attached hydrogens (tertiary/aromatic N) is 1. The summed E-state index contributed by atoms with van der Waals surface area (Å²) in [4.78, 5) is 14.2. The molecule has 0 aliphatic heterocycles. The van der Waals surface area contributed by atoms with E-state index in [2.05, 4.69) is 9.72 Å². The molecule has 88 valence electrons. The Hall–Kier alpha value is -0.900. The van der Waals surface area contributed by atoms with Gasteiger partial charge in [-0.3, -0.25) is 4.79 Å². The zero-order valence-electron chi connectivity index (χ0n) is 7.71. The van der Waals surface area contributed by atoms with Crippen molar-refractivity contribution in [2.75, 3.05) is 0 Å². The fourth-order valence-corrected chi connectivity index (χ4v) is 1.76. The maximum Gasteiger partial charge on any atom is 0.573 e. The van der Waals surface area contributed by atoms with E-state index in [0.717, 1.165) is 6.07 Å². The lowest BCUT2D eigenvalue weighted by Gasteiger charge is -2.13. The Morgan fingerprint density at radius 1 is 1.56 bits per heavy atom. The topological polar surface area (TPSA) is 65.2 Å². The van der Waals surface area contributed by atoms with Crippen molar-refractivity contribution in [3.8, 4) is 5.75 Å². The average molecular weight is 346 g/mol. The number of hydrogen-bond donors (Lipinski definition) is 1. The van der Waals surface area contributed by atoms with Crippen LogP contribution in [-0.2, 0) is 6.54 Å². The minimum Gasteiger partial charge on any atom is -0.405 e. The summed E-state index contributed by atoms with van der Waals surface area (Å²) in [6.45, 7) is -0.157. The van der Waals surface area contributed by atoms with Crippen LogP contribution in [-0.4, -0.2) is 17.6 Å². The Morgan fingerprint density at radius 2 is 2.19 bits per heavy atom. The molecular formula is C8H6F3IN2O2. The summed E-state index contributed by atoms with van der Waals surface area (Å²) >= 11 is 1.69. The smallest absolute Gasteiger partial charge is 0.405 e. The van der Waals surface area contributed by atoms with Gasteiger partial charge < -0.3 is 10.5 Å². The van der Waals surface area contributed by atoms with Gasteiger partial charge in [0, 0.05) is 18.2 Å². The molecule has 0 spiro atoms. The van der Waals surface area contributed by atoms with Crippen LogP contribution in [0.5, 0.6) is 5.75 Å². The zero-order valence-corrected chi connectivity index (χ0v) is 9.87. The van der Waals surface area contributed by atoms with Gasteiger partial charge in [-0.1, -0.05) is 0 Å². The van der Waals surface area contributed by atoms with Gasteiger partial charge in [0.2, 0.25) is 0 Å². The first-order valence-corrected chi connectivity index (χ1v) is 5.05. The second-order valence-electron chi connectivity index (χ2n) is 2.68. The molecule has 1 heterocycles. The Bertz CT molecular complexity index is 409. The minimum atomic E-state index is -4.82. The van der Waals surface area contributed by atoms with Gasteiger partial charge in [-0.05, 0) is 22.6 Å². The standard InChI is InChI=1S/C8H6F3IN2O2/c9-8(10,11)16-6-1-4(3-15)14-7(12)5(6)2-13/h1,3H,2,13H2. The van der Waals surface area contributed by atoms with Crippen LogP contribution in [0.2, 0.25) is 0 Å². The third-order valence-corrected chi connectivity index (χ3v) is 2.50. The van der Waals surface area contributed by atoms with E-state index in [0.29, 0.717) is 6.29 Å². The highest BCUT2D eigenvalue weighted by molar-refractivity contribution is 14.1. The summed E-state index contributed by atoms with van der Waals surface area (Å²) in [6.07, 6.45) is -4.49. The third kappa shape index (κ3) is 3.30. The number of aromatic nitrogens is 1. The van der Waals surface area contributed by atoms with E-state index in [4.69, 9.17) is 5.73 Å². The van der Waals surface area contributed by atoms with Crippen LogP contribution in [0, 0.1) is 3.70 Å². The largest absolute Gasteiger partial charge is 0.573 e. The summed E-state index contributed by atoms with van der Waals surface area (Å²) in [5, 5.41) is 0. The van der Waals surface area contributed by atoms with Crippen LogP contribution >= 0.6 is 22.6 Å². The Morgan fingerprint density at radius 3 is 2.62 bits per heavy atom. The molecule has 0 saturated heterocycles. The molecule has 0 saturated carbocycles. The van der Waals surface area contributed by atoms with Crippen LogP contribution < -0.4 is 10.5 Å². The fourth-order valence-electron chi connectivity index (χ4n) is 0.997. The number of pyridine rings is 1. The molecule has 1 aromatic rings. The van der Waals surface area contributed by atoms with Crippen molar-refractivity contribution in [2.45, 2.75) is 12.9 Å². The second kappa shape index (κ2) is 4.95. The Kier molecular flexibility index (Phi) is 4.08. The maximum atomic E-state index is 12.1. The van der Waals surface area contributed by atoms with Gasteiger partial charge in [-0.2, -0.15) is 0 Å². The van der Waals surface area contributed by atoms with Crippen LogP contribution in [0.15, 0.2) is 6.07 Å². The number of alkyl halides is 3. The molecule has 0 bridgehead atoms. The molecule has 0 aliphatic rings. The number of ether oxygens (including phenoxy) is 1. The van der Waals surface area contributed by atoms with Crippen molar-refractivity contribution in [1.29, 1.82) is 0 Å². The predicted octanol–water partition coefficient (Wildman–Crippen LogP) is 1.86. The minimum absolute atomic E-state index is 0.114. The van der Waals surface area contributed by atoms with E-state index in [1.807, 2.05) is 0 Å². The van der Waals surface area contributed by atoms with E-state index < -0.39 is 12.1 Å². The predicted molar refractivity (Wildman–Crippen MR) is 56.9 cm³/mol. The van der Waals surface area contributed by atoms with Crippen LogP contribution in [0.25, 0.3) is 0 Å². The lowest BCUT2D eigenvalue weighted by Crippen LogP contribution is -2.20. The van der Waals surface area contributed by atoms with Crippen molar-refractivity contribution in [1.82, 2.24) is 4.98 Å². The molecule has 0 amide bonds. The number of aldehydes is 1. The van der Waals surface area contributed by atoms with Gasteiger partial charge in [0.25, 0.3) is 0 Å². The number of rotatable bonds is 3. The summed E-state index contributed by atoms with van der Waals surface area (Å²) in [7, 11) is 0. The van der Waals surface area contributed by atoms with E-state index in [-0.39, 0.29) is 21.5 Å². The zero-order chi connectivity index (χ0) is 12.3. The first-order valence-electron chi connectivity index (χ1n) is 3.97. The van der Waals surface area contributed by atoms with Crippen molar-refractivity contribution >= 4 is 28.9 Å². The second-order valence-corrected chi connectivity index (χ2v) is 3.71. The van der Waals surface area contributed by atoms with Gasteiger partial charge >= 0.3 is 6.36 Å². The van der Waals surface area contributed by atoms with Gasteiger partial charge in [0.15, 0.2) is 6.29 Å². The molecule has 0 fully saturated rings. The Labute approximate surface area is 102 Å². The molecule has 0 aromatic carbocycles. The van der Waals surface area contributed by atoms with Crippen molar-refractivity contribution in [3.05, 3.63) is 21.0 Å². The van der Waals surface area contributed by atoms with E-state index in [1.165, 1.54) is 0 Å². The first kappa shape index (κ1) is 13.2. The monoisotopic (exact) mass is 346 g/mol. The summed E-state index contributed by atoms with van der Waals surface area (Å²) in [5.41, 5.74) is 5.26. The molecule has 0 radical (unpaired) electrons. The summed E-state index contributed by atoms with van der Waals surface area (Å²) in [5.74, 6) is -0.489. The number of halogens is 4. The summed E-state index contributed by atoms with van der Waals surface area (Å²) in [6, 6.07) is 0.908. The fraction of sp³-hybridized carbons (Fsp3) is 0.250. The lowest BCUT2D eigenvalue weighted by molar-refractivity contribution is -0.274. The highest BCUT2D eigenvalue weighted by atomic mass is 127. The number of carbonyl (C=O) groups is 1. The number of carbonyl (C=O) groups excluding carboxylic acids is 1. The normalized spacial score (nSPS) is 11.3. The highest BCUT2D eigenvalue weighted by Crippen LogP contribution is 2.28. The van der Waals surface area contributed by atoms with Crippen molar-refractivity contribution < 1.29 is 22.7 Å². The SMILES string of the molecule is NCc1c(OC(F)(F)F)cc(C=O)nc1I. The van der Waals surface area contributed by atoms with Gasteiger partial charge in [0.1, 0.15) is 15.1 Å². The van der Waals surface area contributed by atoms with E-state index >= 15 is 0 Å². The molecule has 0 atom stereocenters. The molecular weight excluding hydrogens is 340 g/mol. The molecule has 1 aromatic heterocycles. The maximum absolute atomic E-state index is 12.1. The highest BCUT2D eigenvalue weighted by Gasteiger charge is 2.32. The molecule has 4 nitrogen and oxygen atoms in total. The van der Waals surface area contributed by atoms with Gasteiger partial charge in [-0.25, -0.2) is 4.98 Å². The molecule has 0 aliphatic carbocycles. The van der Waals surface area contributed by atoms with Crippen LogP contribution in [0.4, 0.5) is 13.2 Å². The van der Waals surface area contributed by atoms with Crippen LogP contribution in [0.1, 0.15) is 16.1 Å². The number of hydrogen-bond acceptors (Lipinski definition) is 4. The Balaban J connectivity index is 3.23. The average Bonchev–Trinajstić information content (AvgIpc) is 2.14. The summed E-state index contributed by atoms with van der Waals surface area (Å²) < 4.78 is 40.1. The van der Waals surface area contributed by atoms with Crippen LogP contribution in [0.3, 0.4) is 0 Å². The molecule has 2 N–H and O–H groups in total. The van der Waals surface area contributed by atoms with Gasteiger partial charge in [0.05, 0.1) is 0 Å². The van der Waals surface area contributed by atoms with Gasteiger partial charge in [-0.15, -0.1) is 13.2 Å². The van der Waals surface area contributed by atoms with Crippen molar-refractivity contribution in [3.63, 3.8) is 0 Å². The molecule has 8 heteroatoms. The lowest BCUT2D eigenvalue weighted by atomic mass is 10.2. The molecule has 0 unspecified atom stereocenters. The molecule has 1 rings (SSSR count). The van der Waals surface area contributed by atoms with E-state index in [9.17, 15) is 18.0 Å².